The minimum atomic E-state index is 0.344. The molecule has 0 aliphatic carbocycles. The highest BCUT2D eigenvalue weighted by Gasteiger charge is 2.21. The van der Waals surface area contributed by atoms with Crippen LogP contribution in [0.3, 0.4) is 0 Å². The van der Waals surface area contributed by atoms with Gasteiger partial charge < -0.3 is 15.8 Å². The molecule has 5 heteroatoms. The van der Waals surface area contributed by atoms with E-state index in [1.54, 1.807) is 6.20 Å². The Kier molecular flexibility index (Phi) is 4.49. The lowest BCUT2D eigenvalue weighted by Crippen LogP contribution is -2.32. The lowest BCUT2D eigenvalue weighted by atomic mass is 9.93. The second-order valence-electron chi connectivity index (χ2n) is 4.65. The summed E-state index contributed by atoms with van der Waals surface area (Å²) in [5, 5.41) is 3.43. The first kappa shape index (κ1) is 13.2. The second kappa shape index (κ2) is 6.11. The number of anilines is 1. The van der Waals surface area contributed by atoms with Crippen LogP contribution in [-0.4, -0.2) is 29.2 Å². The van der Waals surface area contributed by atoms with E-state index in [-0.39, 0.29) is 0 Å². The number of nitrogens with zero attached hydrogens (tertiary/aromatic N) is 1. The van der Waals surface area contributed by atoms with Gasteiger partial charge in [0.15, 0.2) is 0 Å². The Morgan fingerprint density at radius 2 is 2.28 bits per heavy atom. The van der Waals surface area contributed by atoms with Crippen LogP contribution >= 0.6 is 12.2 Å². The smallest absolute Gasteiger partial charge is 0.136 e. The van der Waals surface area contributed by atoms with Crippen molar-refractivity contribution in [3.05, 3.63) is 23.9 Å². The fourth-order valence-electron chi connectivity index (χ4n) is 2.27. The minimum absolute atomic E-state index is 0.344. The molecule has 1 unspecified atom stereocenters. The van der Waals surface area contributed by atoms with Gasteiger partial charge in [-0.25, -0.2) is 4.98 Å². The molecule has 2 heterocycles. The van der Waals surface area contributed by atoms with Crippen LogP contribution in [0, 0.1) is 5.92 Å². The van der Waals surface area contributed by atoms with E-state index < -0.39 is 0 Å². The van der Waals surface area contributed by atoms with Gasteiger partial charge in [-0.15, -0.1) is 0 Å². The maximum absolute atomic E-state index is 5.70. The molecule has 1 fully saturated rings. The molecule has 0 aromatic carbocycles. The average Bonchev–Trinajstić information content (AvgIpc) is 2.40. The van der Waals surface area contributed by atoms with Gasteiger partial charge in [0.2, 0.25) is 0 Å². The third kappa shape index (κ3) is 3.17. The molecular formula is C13H19N3OS. The number of nitrogens with one attached hydrogen (secondary N) is 1. The monoisotopic (exact) mass is 265 g/mol. The summed E-state index contributed by atoms with van der Waals surface area (Å²) in [6.07, 6.45) is 3.92. The van der Waals surface area contributed by atoms with Gasteiger partial charge in [-0.3, -0.25) is 0 Å². The van der Waals surface area contributed by atoms with E-state index in [1.165, 1.54) is 0 Å². The normalized spacial score (nSPS) is 18.3. The molecule has 98 valence electrons. The Bertz CT molecular complexity index is 418. The topological polar surface area (TPSA) is 60.2 Å². The fraction of sp³-hybridized carbons (Fsp3) is 0.538. The number of ether oxygens (including phenoxy) is 1. The lowest BCUT2D eigenvalue weighted by molar-refractivity contribution is 0.0622. The molecule has 1 aliphatic heterocycles. The minimum Gasteiger partial charge on any atom is -0.389 e. The van der Waals surface area contributed by atoms with Crippen molar-refractivity contribution in [2.45, 2.75) is 25.8 Å². The highest BCUT2D eigenvalue weighted by Crippen LogP contribution is 2.22. The van der Waals surface area contributed by atoms with Crippen LogP contribution in [0.1, 0.15) is 25.3 Å². The molecule has 1 saturated heterocycles. The van der Waals surface area contributed by atoms with Gasteiger partial charge in [0.25, 0.3) is 0 Å². The van der Waals surface area contributed by atoms with Crippen molar-refractivity contribution in [2.75, 3.05) is 18.5 Å². The van der Waals surface area contributed by atoms with Crippen LogP contribution < -0.4 is 11.1 Å². The number of thiocarbonyl (C=S) groups is 1. The molecule has 4 nitrogen and oxygen atoms in total. The Hall–Kier alpha value is -1.20. The van der Waals surface area contributed by atoms with Crippen LogP contribution in [0.15, 0.2) is 18.3 Å². The van der Waals surface area contributed by atoms with E-state index in [0.717, 1.165) is 37.4 Å². The molecule has 1 aromatic heterocycles. The van der Waals surface area contributed by atoms with E-state index in [1.807, 2.05) is 12.1 Å². The van der Waals surface area contributed by atoms with Crippen molar-refractivity contribution in [1.29, 1.82) is 0 Å². The average molecular weight is 265 g/mol. The van der Waals surface area contributed by atoms with Gasteiger partial charge in [-0.1, -0.05) is 12.2 Å². The summed E-state index contributed by atoms with van der Waals surface area (Å²) in [6, 6.07) is 4.09. The first-order valence-corrected chi connectivity index (χ1v) is 6.68. The second-order valence-corrected chi connectivity index (χ2v) is 5.09. The standard InChI is InChI=1S/C13H19N3OS/c1-9(10-4-7-17-8-5-10)16-13-11(12(14)18)3-2-6-15-13/h2-3,6,9-10H,4-5,7-8H2,1H3,(H2,14,18)(H,15,16). The van der Waals surface area contributed by atoms with E-state index in [2.05, 4.69) is 17.2 Å². The van der Waals surface area contributed by atoms with Crippen LogP contribution in [-0.2, 0) is 4.74 Å². The highest BCUT2D eigenvalue weighted by atomic mass is 32.1. The third-order valence-electron chi connectivity index (χ3n) is 3.41. The van der Waals surface area contributed by atoms with Crippen LogP contribution in [0.2, 0.25) is 0 Å². The summed E-state index contributed by atoms with van der Waals surface area (Å²) in [5.41, 5.74) is 6.51. The molecule has 0 saturated carbocycles. The molecule has 1 aliphatic rings. The number of rotatable bonds is 4. The molecule has 0 amide bonds. The van der Waals surface area contributed by atoms with Crippen LogP contribution in [0.4, 0.5) is 5.82 Å². The van der Waals surface area contributed by atoms with Crippen LogP contribution in [0.25, 0.3) is 0 Å². The Morgan fingerprint density at radius 1 is 1.56 bits per heavy atom. The zero-order valence-electron chi connectivity index (χ0n) is 10.6. The molecule has 18 heavy (non-hydrogen) atoms. The number of hydrogen-bond acceptors (Lipinski definition) is 4. The first-order chi connectivity index (χ1) is 8.68. The zero-order chi connectivity index (χ0) is 13.0. The quantitative estimate of drug-likeness (QED) is 0.815. The van der Waals surface area contributed by atoms with Crippen molar-refractivity contribution in [2.24, 2.45) is 11.7 Å². The Balaban J connectivity index is 2.06. The third-order valence-corrected chi connectivity index (χ3v) is 3.63. The summed E-state index contributed by atoms with van der Waals surface area (Å²) in [4.78, 5) is 4.70. The lowest BCUT2D eigenvalue weighted by Gasteiger charge is -2.29. The van der Waals surface area contributed by atoms with Gasteiger partial charge in [-0.2, -0.15) is 0 Å². The van der Waals surface area contributed by atoms with E-state index in [9.17, 15) is 0 Å². The number of pyridine rings is 1. The fourth-order valence-corrected chi connectivity index (χ4v) is 2.43. The summed E-state index contributed by atoms with van der Waals surface area (Å²) < 4.78 is 5.38. The molecule has 0 bridgehead atoms. The summed E-state index contributed by atoms with van der Waals surface area (Å²) in [6.45, 7) is 3.87. The van der Waals surface area contributed by atoms with Gasteiger partial charge in [0, 0.05) is 25.5 Å². The van der Waals surface area contributed by atoms with Gasteiger partial charge in [0.05, 0.1) is 5.56 Å². The zero-order valence-corrected chi connectivity index (χ0v) is 11.4. The SMILES string of the molecule is CC(Nc1ncccc1C(N)=S)C1CCOCC1. The van der Waals surface area contributed by atoms with Gasteiger partial charge in [-0.05, 0) is 37.8 Å². The molecule has 0 spiro atoms. The van der Waals surface area contributed by atoms with E-state index in [0.29, 0.717) is 16.9 Å². The van der Waals surface area contributed by atoms with Crippen molar-refractivity contribution in [3.63, 3.8) is 0 Å². The van der Waals surface area contributed by atoms with E-state index in [4.69, 9.17) is 22.7 Å². The van der Waals surface area contributed by atoms with Crippen molar-refractivity contribution in [3.8, 4) is 0 Å². The molecule has 0 radical (unpaired) electrons. The summed E-state index contributed by atoms with van der Waals surface area (Å²) in [5.74, 6) is 1.39. The number of nitrogens with two attached hydrogens (primary N) is 1. The maximum atomic E-state index is 5.70. The van der Waals surface area contributed by atoms with E-state index >= 15 is 0 Å². The Morgan fingerprint density at radius 3 is 2.94 bits per heavy atom. The molecule has 1 aromatic rings. The first-order valence-electron chi connectivity index (χ1n) is 6.27. The van der Waals surface area contributed by atoms with Crippen molar-refractivity contribution < 1.29 is 4.74 Å². The predicted octanol–water partition coefficient (Wildman–Crippen LogP) is 1.94. The predicted molar refractivity (Wildman–Crippen MR) is 76.8 cm³/mol. The highest BCUT2D eigenvalue weighted by molar-refractivity contribution is 7.80. The summed E-state index contributed by atoms with van der Waals surface area (Å²) >= 11 is 5.04. The van der Waals surface area contributed by atoms with Gasteiger partial charge in [0.1, 0.15) is 10.8 Å². The molecule has 2 rings (SSSR count). The number of hydrogen-bond donors (Lipinski definition) is 2. The maximum Gasteiger partial charge on any atom is 0.136 e. The number of aromatic nitrogens is 1. The van der Waals surface area contributed by atoms with Crippen molar-refractivity contribution in [1.82, 2.24) is 4.98 Å². The largest absolute Gasteiger partial charge is 0.389 e. The molecule has 1 atom stereocenters. The molecule has 3 N–H and O–H groups in total. The Labute approximate surface area is 113 Å². The van der Waals surface area contributed by atoms with Crippen molar-refractivity contribution >= 4 is 23.0 Å². The molecular weight excluding hydrogens is 246 g/mol. The van der Waals surface area contributed by atoms with Crippen LogP contribution in [0.5, 0.6) is 0 Å². The van der Waals surface area contributed by atoms with Gasteiger partial charge >= 0.3 is 0 Å². The summed E-state index contributed by atoms with van der Waals surface area (Å²) in [7, 11) is 0.